The number of carbonyl (C=O) groups excluding carboxylic acids is 1. The molecule has 0 unspecified atom stereocenters. The molecule has 1 aliphatic rings. The van der Waals surface area contributed by atoms with Crippen LogP contribution < -0.4 is 0 Å². The third-order valence-electron chi connectivity index (χ3n) is 3.41. The van der Waals surface area contributed by atoms with E-state index in [-0.39, 0.29) is 17.6 Å². The van der Waals surface area contributed by atoms with Gasteiger partial charge in [-0.1, -0.05) is 5.21 Å². The Balaban J connectivity index is 1.69. The Morgan fingerprint density at radius 2 is 2.15 bits per heavy atom. The normalized spacial score (nSPS) is 15.9. The number of hydrogen-bond acceptors (Lipinski definition) is 5. The molecule has 20 heavy (non-hydrogen) atoms. The van der Waals surface area contributed by atoms with Gasteiger partial charge in [0.2, 0.25) is 5.91 Å². The van der Waals surface area contributed by atoms with Crippen molar-refractivity contribution in [3.8, 4) is 0 Å². The number of aromatic nitrogens is 3. The predicted molar refractivity (Wildman–Crippen MR) is 70.4 cm³/mol. The van der Waals surface area contributed by atoms with E-state index >= 15 is 0 Å². The van der Waals surface area contributed by atoms with Gasteiger partial charge in [0.05, 0.1) is 12.2 Å². The molecule has 0 radical (unpaired) electrons. The lowest BCUT2D eigenvalue weighted by atomic mass is 10.1. The number of hydrogen-bond donors (Lipinski definition) is 1. The summed E-state index contributed by atoms with van der Waals surface area (Å²) in [6.45, 7) is 2.51. The third-order valence-corrected chi connectivity index (χ3v) is 3.41. The highest BCUT2D eigenvalue weighted by molar-refractivity contribution is 5.84. The second-order valence-corrected chi connectivity index (χ2v) is 5.19. The van der Waals surface area contributed by atoms with Crippen LogP contribution in [0.15, 0.2) is 6.20 Å². The maximum absolute atomic E-state index is 11.4. The van der Waals surface area contributed by atoms with Gasteiger partial charge < -0.3 is 10.0 Å². The molecule has 1 fully saturated rings. The first-order chi connectivity index (χ1) is 9.47. The van der Waals surface area contributed by atoms with E-state index in [9.17, 15) is 9.59 Å². The molecular formula is C12H19N5O3. The maximum atomic E-state index is 11.4. The molecule has 2 rings (SSSR count). The van der Waals surface area contributed by atoms with Crippen LogP contribution in [-0.2, 0) is 4.79 Å². The van der Waals surface area contributed by atoms with E-state index in [1.807, 2.05) is 0 Å². The lowest BCUT2D eigenvalue weighted by Gasteiger charge is -2.38. The Labute approximate surface area is 117 Å². The predicted octanol–water partition coefficient (Wildman–Crippen LogP) is -0.299. The molecular weight excluding hydrogens is 262 g/mol. The maximum Gasteiger partial charge on any atom is 0.358 e. The standard InChI is InChI=1S/C12H19N5O3/c1-15(2)11(18)4-3-5-16-6-9(7-16)17-8-10(12(19)20)13-14-17/h8-9H,3-7H2,1-2H3,(H,19,20). The summed E-state index contributed by atoms with van der Waals surface area (Å²) in [5.41, 5.74) is -0.0278. The van der Waals surface area contributed by atoms with Crippen LogP contribution in [0.2, 0.25) is 0 Å². The van der Waals surface area contributed by atoms with Crippen LogP contribution in [0.25, 0.3) is 0 Å². The van der Waals surface area contributed by atoms with Crippen LogP contribution in [0.1, 0.15) is 29.4 Å². The molecule has 2 heterocycles. The van der Waals surface area contributed by atoms with Crippen molar-refractivity contribution in [2.45, 2.75) is 18.9 Å². The molecule has 0 spiro atoms. The van der Waals surface area contributed by atoms with Crippen molar-refractivity contribution in [1.82, 2.24) is 24.8 Å². The summed E-state index contributed by atoms with van der Waals surface area (Å²) < 4.78 is 1.60. The van der Waals surface area contributed by atoms with Gasteiger partial charge in [-0.2, -0.15) is 0 Å². The Hall–Kier alpha value is -1.96. The lowest BCUT2D eigenvalue weighted by Crippen LogP contribution is -2.48. The Bertz CT molecular complexity index is 493. The summed E-state index contributed by atoms with van der Waals surface area (Å²) in [7, 11) is 3.51. The fourth-order valence-electron chi connectivity index (χ4n) is 2.12. The summed E-state index contributed by atoms with van der Waals surface area (Å²) >= 11 is 0. The fourth-order valence-corrected chi connectivity index (χ4v) is 2.12. The summed E-state index contributed by atoms with van der Waals surface area (Å²) in [6.07, 6.45) is 2.85. The second-order valence-electron chi connectivity index (χ2n) is 5.19. The zero-order valence-corrected chi connectivity index (χ0v) is 11.7. The van der Waals surface area contributed by atoms with Crippen LogP contribution in [0.4, 0.5) is 0 Å². The minimum Gasteiger partial charge on any atom is -0.476 e. The lowest BCUT2D eigenvalue weighted by molar-refractivity contribution is -0.128. The number of carbonyl (C=O) groups is 2. The molecule has 110 valence electrons. The molecule has 0 saturated carbocycles. The van der Waals surface area contributed by atoms with E-state index in [0.717, 1.165) is 26.1 Å². The molecule has 1 aliphatic heterocycles. The number of nitrogens with zero attached hydrogens (tertiary/aromatic N) is 5. The SMILES string of the molecule is CN(C)C(=O)CCCN1CC(n2cc(C(=O)O)nn2)C1. The quantitative estimate of drug-likeness (QED) is 0.770. The van der Waals surface area contributed by atoms with Gasteiger partial charge in [-0.15, -0.1) is 5.10 Å². The minimum absolute atomic E-state index is 0.0278. The molecule has 8 heteroatoms. The van der Waals surface area contributed by atoms with Crippen molar-refractivity contribution in [1.29, 1.82) is 0 Å². The van der Waals surface area contributed by atoms with Gasteiger partial charge in [0.1, 0.15) is 0 Å². The first-order valence-corrected chi connectivity index (χ1v) is 6.55. The first-order valence-electron chi connectivity index (χ1n) is 6.55. The van der Waals surface area contributed by atoms with Gasteiger partial charge >= 0.3 is 5.97 Å². The highest BCUT2D eigenvalue weighted by Crippen LogP contribution is 2.20. The van der Waals surface area contributed by atoms with Gasteiger partial charge in [-0.3, -0.25) is 9.69 Å². The largest absolute Gasteiger partial charge is 0.476 e. The minimum atomic E-state index is -1.06. The average Bonchev–Trinajstić information content (AvgIpc) is 2.80. The number of aromatic carboxylic acids is 1. The number of amides is 1. The van der Waals surface area contributed by atoms with Gasteiger partial charge in [-0.25, -0.2) is 9.48 Å². The highest BCUT2D eigenvalue weighted by Gasteiger charge is 2.29. The number of likely N-dealkylation sites (tertiary alicyclic amines) is 1. The summed E-state index contributed by atoms with van der Waals surface area (Å²) in [5.74, 6) is -0.918. The van der Waals surface area contributed by atoms with E-state index in [1.165, 1.54) is 6.20 Å². The van der Waals surface area contributed by atoms with Crippen molar-refractivity contribution in [2.75, 3.05) is 33.7 Å². The van der Waals surface area contributed by atoms with E-state index in [0.29, 0.717) is 6.42 Å². The van der Waals surface area contributed by atoms with E-state index in [2.05, 4.69) is 15.2 Å². The first kappa shape index (κ1) is 14.4. The van der Waals surface area contributed by atoms with Crippen molar-refractivity contribution in [2.24, 2.45) is 0 Å². The summed E-state index contributed by atoms with van der Waals surface area (Å²) in [4.78, 5) is 25.9. The molecule has 0 bridgehead atoms. The van der Waals surface area contributed by atoms with E-state index < -0.39 is 5.97 Å². The number of carboxylic acid groups (broad SMARTS) is 1. The van der Waals surface area contributed by atoms with E-state index in [1.54, 1.807) is 23.7 Å². The van der Waals surface area contributed by atoms with Crippen LogP contribution >= 0.6 is 0 Å². The molecule has 1 aromatic rings. The van der Waals surface area contributed by atoms with Crippen molar-refractivity contribution < 1.29 is 14.7 Å². The van der Waals surface area contributed by atoms with Crippen molar-refractivity contribution >= 4 is 11.9 Å². The van der Waals surface area contributed by atoms with Gasteiger partial charge in [-0.05, 0) is 13.0 Å². The summed E-state index contributed by atoms with van der Waals surface area (Å²) in [5, 5.41) is 16.2. The fraction of sp³-hybridized carbons (Fsp3) is 0.667. The van der Waals surface area contributed by atoms with Crippen LogP contribution in [0.3, 0.4) is 0 Å². The Morgan fingerprint density at radius 3 is 2.70 bits per heavy atom. The second kappa shape index (κ2) is 6.00. The highest BCUT2D eigenvalue weighted by atomic mass is 16.4. The van der Waals surface area contributed by atoms with Crippen molar-refractivity contribution in [3.05, 3.63) is 11.9 Å². The molecule has 8 nitrogen and oxygen atoms in total. The molecule has 0 atom stereocenters. The van der Waals surface area contributed by atoms with Crippen LogP contribution in [0.5, 0.6) is 0 Å². The zero-order valence-electron chi connectivity index (χ0n) is 11.7. The van der Waals surface area contributed by atoms with Gasteiger partial charge in [0, 0.05) is 33.6 Å². The number of carboxylic acids is 1. The molecule has 0 aliphatic carbocycles. The van der Waals surface area contributed by atoms with Crippen LogP contribution in [0, 0.1) is 0 Å². The van der Waals surface area contributed by atoms with Crippen LogP contribution in [-0.4, -0.2) is 75.5 Å². The molecule has 0 aromatic carbocycles. The molecule has 1 amide bonds. The average molecular weight is 281 g/mol. The molecule has 1 N–H and O–H groups in total. The monoisotopic (exact) mass is 281 g/mol. The third kappa shape index (κ3) is 3.32. The summed E-state index contributed by atoms with van der Waals surface area (Å²) in [6, 6.07) is 0.181. The number of rotatable bonds is 6. The Kier molecular flexibility index (Phi) is 4.33. The topological polar surface area (TPSA) is 91.6 Å². The van der Waals surface area contributed by atoms with Gasteiger partial charge in [0.15, 0.2) is 5.69 Å². The molecule has 1 saturated heterocycles. The van der Waals surface area contributed by atoms with Crippen molar-refractivity contribution in [3.63, 3.8) is 0 Å². The smallest absolute Gasteiger partial charge is 0.358 e. The Morgan fingerprint density at radius 1 is 1.45 bits per heavy atom. The van der Waals surface area contributed by atoms with E-state index in [4.69, 9.17) is 5.11 Å². The zero-order chi connectivity index (χ0) is 14.7. The molecule has 1 aromatic heterocycles. The van der Waals surface area contributed by atoms with Gasteiger partial charge in [0.25, 0.3) is 0 Å².